The smallest absolute Gasteiger partial charge is 0.320 e. The SMILES string of the molecule is CCCC(C)(CO)NC(=O)Nc1cc(C)nn1C. The Bertz CT molecular complexity index is 416. The highest BCUT2D eigenvalue weighted by Gasteiger charge is 2.24. The Balaban J connectivity index is 2.63. The lowest BCUT2D eigenvalue weighted by atomic mass is 9.98. The number of anilines is 1. The van der Waals surface area contributed by atoms with Gasteiger partial charge in [0.2, 0.25) is 0 Å². The quantitative estimate of drug-likeness (QED) is 0.743. The summed E-state index contributed by atoms with van der Waals surface area (Å²) in [4.78, 5) is 11.8. The molecular formula is C12H22N4O2. The van der Waals surface area contributed by atoms with Gasteiger partial charge in [0.05, 0.1) is 17.8 Å². The fourth-order valence-corrected chi connectivity index (χ4v) is 1.88. The maximum atomic E-state index is 11.8. The summed E-state index contributed by atoms with van der Waals surface area (Å²) in [6.07, 6.45) is 1.61. The van der Waals surface area contributed by atoms with Crippen LogP contribution in [0.5, 0.6) is 0 Å². The van der Waals surface area contributed by atoms with E-state index >= 15 is 0 Å². The number of urea groups is 1. The van der Waals surface area contributed by atoms with Gasteiger partial charge in [0.15, 0.2) is 0 Å². The predicted molar refractivity (Wildman–Crippen MR) is 70.5 cm³/mol. The molecule has 0 spiro atoms. The minimum Gasteiger partial charge on any atom is -0.394 e. The van der Waals surface area contributed by atoms with E-state index in [1.165, 1.54) is 0 Å². The number of amides is 2. The molecule has 0 aromatic carbocycles. The highest BCUT2D eigenvalue weighted by molar-refractivity contribution is 5.88. The first-order valence-corrected chi connectivity index (χ1v) is 6.11. The third-order valence-corrected chi connectivity index (χ3v) is 2.81. The van der Waals surface area contributed by atoms with Crippen LogP contribution in [0.3, 0.4) is 0 Å². The number of carbonyl (C=O) groups excluding carboxylic acids is 1. The molecule has 6 heteroatoms. The lowest BCUT2D eigenvalue weighted by Gasteiger charge is -2.28. The van der Waals surface area contributed by atoms with Crippen molar-refractivity contribution in [3.63, 3.8) is 0 Å². The van der Waals surface area contributed by atoms with Gasteiger partial charge in [0, 0.05) is 13.1 Å². The second-order valence-corrected chi connectivity index (χ2v) is 4.84. The molecule has 0 radical (unpaired) electrons. The summed E-state index contributed by atoms with van der Waals surface area (Å²) < 4.78 is 1.60. The molecule has 6 nitrogen and oxygen atoms in total. The summed E-state index contributed by atoms with van der Waals surface area (Å²) in [5.74, 6) is 0.627. The summed E-state index contributed by atoms with van der Waals surface area (Å²) in [6, 6.07) is 1.46. The number of aliphatic hydroxyl groups is 1. The van der Waals surface area contributed by atoms with Crippen molar-refractivity contribution in [2.75, 3.05) is 11.9 Å². The molecule has 0 aliphatic carbocycles. The molecule has 0 aliphatic rings. The van der Waals surface area contributed by atoms with Gasteiger partial charge >= 0.3 is 6.03 Å². The van der Waals surface area contributed by atoms with Crippen molar-refractivity contribution >= 4 is 11.8 Å². The van der Waals surface area contributed by atoms with Crippen molar-refractivity contribution < 1.29 is 9.90 Å². The molecule has 0 saturated heterocycles. The van der Waals surface area contributed by atoms with Crippen molar-refractivity contribution in [3.8, 4) is 0 Å². The van der Waals surface area contributed by atoms with Crippen LogP contribution in [-0.2, 0) is 7.05 Å². The Kier molecular flexibility index (Phi) is 4.72. The van der Waals surface area contributed by atoms with E-state index in [9.17, 15) is 9.90 Å². The van der Waals surface area contributed by atoms with Gasteiger partial charge in [0.1, 0.15) is 5.82 Å². The molecule has 0 fully saturated rings. The maximum absolute atomic E-state index is 11.8. The summed E-state index contributed by atoms with van der Waals surface area (Å²) in [5, 5.41) is 19.0. The molecule has 3 N–H and O–H groups in total. The van der Waals surface area contributed by atoms with E-state index < -0.39 is 5.54 Å². The average Bonchev–Trinajstić information content (AvgIpc) is 2.57. The van der Waals surface area contributed by atoms with Crippen molar-refractivity contribution in [1.29, 1.82) is 0 Å². The predicted octanol–water partition coefficient (Wildman–Crippen LogP) is 1.40. The summed E-state index contributed by atoms with van der Waals surface area (Å²) >= 11 is 0. The Labute approximate surface area is 107 Å². The van der Waals surface area contributed by atoms with Crippen LogP contribution in [0.1, 0.15) is 32.4 Å². The van der Waals surface area contributed by atoms with E-state index in [-0.39, 0.29) is 12.6 Å². The number of nitrogens with one attached hydrogen (secondary N) is 2. The van der Waals surface area contributed by atoms with Crippen molar-refractivity contribution in [2.45, 2.75) is 39.2 Å². The average molecular weight is 254 g/mol. The third kappa shape index (κ3) is 3.73. The maximum Gasteiger partial charge on any atom is 0.320 e. The van der Waals surface area contributed by atoms with Crippen LogP contribution >= 0.6 is 0 Å². The van der Waals surface area contributed by atoms with Crippen LogP contribution in [0.15, 0.2) is 6.07 Å². The van der Waals surface area contributed by atoms with Crippen molar-refractivity contribution in [2.24, 2.45) is 7.05 Å². The first kappa shape index (κ1) is 14.5. The summed E-state index contributed by atoms with van der Waals surface area (Å²) in [6.45, 7) is 5.61. The molecule has 2 amide bonds. The van der Waals surface area contributed by atoms with Gasteiger partial charge in [-0.05, 0) is 20.3 Å². The van der Waals surface area contributed by atoms with Gasteiger partial charge in [-0.3, -0.25) is 10.00 Å². The second kappa shape index (κ2) is 5.86. The minimum absolute atomic E-state index is 0.0846. The number of aryl methyl sites for hydroxylation is 2. The van der Waals surface area contributed by atoms with Crippen molar-refractivity contribution in [3.05, 3.63) is 11.8 Å². The van der Waals surface area contributed by atoms with E-state index in [4.69, 9.17) is 0 Å². The zero-order chi connectivity index (χ0) is 13.8. The van der Waals surface area contributed by atoms with Crippen LogP contribution in [0.4, 0.5) is 10.6 Å². The molecule has 18 heavy (non-hydrogen) atoms. The van der Waals surface area contributed by atoms with Crippen LogP contribution in [0.25, 0.3) is 0 Å². The molecule has 1 aromatic heterocycles. The Morgan fingerprint density at radius 3 is 2.72 bits per heavy atom. The van der Waals surface area contributed by atoms with Crippen LogP contribution in [-0.4, -0.2) is 33.1 Å². The molecule has 0 bridgehead atoms. The number of nitrogens with zero attached hydrogens (tertiary/aromatic N) is 2. The molecule has 1 atom stereocenters. The highest BCUT2D eigenvalue weighted by Crippen LogP contribution is 2.12. The van der Waals surface area contributed by atoms with Crippen LogP contribution in [0.2, 0.25) is 0 Å². The molecule has 0 saturated carbocycles. The van der Waals surface area contributed by atoms with Crippen molar-refractivity contribution in [1.82, 2.24) is 15.1 Å². The highest BCUT2D eigenvalue weighted by atomic mass is 16.3. The fourth-order valence-electron chi connectivity index (χ4n) is 1.88. The number of aliphatic hydroxyl groups excluding tert-OH is 1. The topological polar surface area (TPSA) is 79.2 Å². The summed E-state index contributed by atoms with van der Waals surface area (Å²) in [5.41, 5.74) is 0.248. The summed E-state index contributed by atoms with van der Waals surface area (Å²) in [7, 11) is 1.76. The largest absolute Gasteiger partial charge is 0.394 e. The van der Waals surface area contributed by atoms with Gasteiger partial charge in [-0.25, -0.2) is 4.79 Å². The van der Waals surface area contributed by atoms with Crippen LogP contribution < -0.4 is 10.6 Å². The molecule has 1 aromatic rings. The van der Waals surface area contributed by atoms with E-state index in [2.05, 4.69) is 15.7 Å². The first-order valence-electron chi connectivity index (χ1n) is 6.11. The number of carbonyl (C=O) groups is 1. The molecule has 102 valence electrons. The molecule has 1 heterocycles. The number of rotatable bonds is 5. The first-order chi connectivity index (χ1) is 8.40. The van der Waals surface area contributed by atoms with Crippen LogP contribution in [0, 0.1) is 6.92 Å². The Morgan fingerprint density at radius 2 is 2.28 bits per heavy atom. The van der Waals surface area contributed by atoms with E-state index in [1.807, 2.05) is 20.8 Å². The number of aromatic nitrogens is 2. The number of hydrogen-bond acceptors (Lipinski definition) is 3. The molecular weight excluding hydrogens is 232 g/mol. The molecule has 0 aliphatic heterocycles. The van der Waals surface area contributed by atoms with Gasteiger partial charge in [0.25, 0.3) is 0 Å². The second-order valence-electron chi connectivity index (χ2n) is 4.84. The zero-order valence-electron chi connectivity index (χ0n) is 11.4. The normalized spacial score (nSPS) is 14.1. The Morgan fingerprint density at radius 1 is 1.61 bits per heavy atom. The lowest BCUT2D eigenvalue weighted by Crippen LogP contribution is -2.50. The van der Waals surface area contributed by atoms with E-state index in [0.717, 1.165) is 18.5 Å². The van der Waals surface area contributed by atoms with Gasteiger partial charge in [-0.15, -0.1) is 0 Å². The van der Waals surface area contributed by atoms with Gasteiger partial charge in [-0.2, -0.15) is 5.10 Å². The Hall–Kier alpha value is -1.56. The molecule has 1 rings (SSSR count). The lowest BCUT2D eigenvalue weighted by molar-refractivity contribution is 0.167. The van der Waals surface area contributed by atoms with E-state index in [0.29, 0.717) is 5.82 Å². The van der Waals surface area contributed by atoms with E-state index in [1.54, 1.807) is 17.8 Å². The third-order valence-electron chi connectivity index (χ3n) is 2.81. The number of hydrogen-bond donors (Lipinski definition) is 3. The minimum atomic E-state index is -0.591. The molecule has 1 unspecified atom stereocenters. The van der Waals surface area contributed by atoms with Gasteiger partial charge in [-0.1, -0.05) is 13.3 Å². The standard InChI is InChI=1S/C12H22N4O2/c1-5-6-12(3,8-17)14-11(18)13-10-7-9(2)15-16(10)4/h7,17H,5-6,8H2,1-4H3,(H2,13,14,18). The zero-order valence-corrected chi connectivity index (χ0v) is 11.4. The van der Waals surface area contributed by atoms with Gasteiger partial charge < -0.3 is 10.4 Å². The fraction of sp³-hybridized carbons (Fsp3) is 0.667. The monoisotopic (exact) mass is 254 g/mol.